The fraction of sp³-hybridized carbons (Fsp3) is 0.150. The van der Waals surface area contributed by atoms with Gasteiger partial charge in [-0.2, -0.15) is 0 Å². The van der Waals surface area contributed by atoms with E-state index in [4.69, 9.17) is 16.3 Å². The van der Waals surface area contributed by atoms with Gasteiger partial charge in [-0.25, -0.2) is 9.97 Å². The predicted molar refractivity (Wildman–Crippen MR) is 107 cm³/mol. The van der Waals surface area contributed by atoms with Crippen LogP contribution < -0.4 is 15.4 Å². The lowest BCUT2D eigenvalue weighted by atomic mass is 10.2. The van der Waals surface area contributed by atoms with Crippen molar-refractivity contribution >= 4 is 34.7 Å². The highest BCUT2D eigenvalue weighted by Crippen LogP contribution is 2.24. The minimum atomic E-state index is -0.330. The normalized spacial score (nSPS) is 10.4. The smallest absolute Gasteiger partial charge is 0.274 e. The Hall–Kier alpha value is -3.12. The van der Waals surface area contributed by atoms with Gasteiger partial charge >= 0.3 is 0 Å². The maximum atomic E-state index is 12.6. The van der Waals surface area contributed by atoms with E-state index in [1.807, 2.05) is 31.2 Å². The summed E-state index contributed by atoms with van der Waals surface area (Å²) in [5, 5.41) is 6.60. The van der Waals surface area contributed by atoms with Gasteiger partial charge in [0.15, 0.2) is 0 Å². The molecule has 0 bridgehead atoms. The van der Waals surface area contributed by atoms with Crippen LogP contribution in [0.25, 0.3) is 0 Å². The monoisotopic (exact) mass is 382 g/mol. The molecule has 2 N–H and O–H groups in total. The van der Waals surface area contributed by atoms with Gasteiger partial charge in [0.25, 0.3) is 5.91 Å². The molecule has 0 saturated heterocycles. The number of methoxy groups -OCH3 is 1. The first kappa shape index (κ1) is 18.7. The number of hydrogen-bond donors (Lipinski definition) is 2. The topological polar surface area (TPSA) is 76.1 Å². The molecular formula is C20H19ClN4O2. The molecule has 3 aromatic rings. The molecule has 0 saturated carbocycles. The molecule has 3 rings (SSSR count). The van der Waals surface area contributed by atoms with Crippen molar-refractivity contribution in [3.8, 4) is 5.75 Å². The number of amides is 1. The fourth-order valence-corrected chi connectivity index (χ4v) is 2.67. The van der Waals surface area contributed by atoms with E-state index in [0.717, 1.165) is 17.0 Å². The number of hydrogen-bond acceptors (Lipinski definition) is 5. The molecule has 1 aromatic heterocycles. The summed E-state index contributed by atoms with van der Waals surface area (Å²) < 4.78 is 5.15. The van der Waals surface area contributed by atoms with Crippen LogP contribution in [0.2, 0.25) is 5.02 Å². The second-order valence-corrected chi connectivity index (χ2v) is 6.31. The predicted octanol–water partition coefficient (Wildman–Crippen LogP) is 4.75. The Morgan fingerprint density at radius 1 is 1.07 bits per heavy atom. The van der Waals surface area contributed by atoms with Crippen molar-refractivity contribution in [2.24, 2.45) is 0 Å². The minimum Gasteiger partial charge on any atom is -0.497 e. The molecule has 1 heterocycles. The van der Waals surface area contributed by atoms with E-state index in [9.17, 15) is 4.79 Å². The number of halogens is 1. The fourth-order valence-electron chi connectivity index (χ4n) is 2.50. The molecule has 7 heteroatoms. The molecule has 0 unspecified atom stereocenters. The molecule has 1 amide bonds. The second kappa shape index (κ2) is 8.05. The number of rotatable bonds is 5. The third kappa shape index (κ3) is 4.54. The van der Waals surface area contributed by atoms with E-state index in [-0.39, 0.29) is 11.6 Å². The molecular weight excluding hydrogens is 364 g/mol. The van der Waals surface area contributed by atoms with Crippen LogP contribution in [0, 0.1) is 13.8 Å². The minimum absolute atomic E-state index is 0.262. The lowest BCUT2D eigenvalue weighted by Gasteiger charge is -2.11. The van der Waals surface area contributed by atoms with E-state index in [0.29, 0.717) is 22.4 Å². The Morgan fingerprint density at radius 3 is 2.52 bits per heavy atom. The number of aromatic nitrogens is 2. The zero-order valence-electron chi connectivity index (χ0n) is 15.2. The van der Waals surface area contributed by atoms with E-state index < -0.39 is 0 Å². The van der Waals surface area contributed by atoms with Crippen molar-refractivity contribution in [2.45, 2.75) is 13.8 Å². The third-order valence-electron chi connectivity index (χ3n) is 3.95. The molecule has 0 aliphatic carbocycles. The van der Waals surface area contributed by atoms with Crippen molar-refractivity contribution in [3.63, 3.8) is 0 Å². The summed E-state index contributed by atoms with van der Waals surface area (Å²) in [6.45, 7) is 3.58. The van der Waals surface area contributed by atoms with Crippen LogP contribution in [0.15, 0.2) is 48.5 Å². The Balaban J connectivity index is 1.81. The quantitative estimate of drug-likeness (QED) is 0.665. The first-order chi connectivity index (χ1) is 13.0. The van der Waals surface area contributed by atoms with Gasteiger partial charge in [0.05, 0.1) is 7.11 Å². The van der Waals surface area contributed by atoms with Crippen LogP contribution in [0.4, 0.5) is 17.2 Å². The highest BCUT2D eigenvalue weighted by atomic mass is 35.5. The number of carbonyl (C=O) groups is 1. The molecule has 0 aliphatic heterocycles. The number of aryl methyl sites for hydroxylation is 1. The van der Waals surface area contributed by atoms with Crippen LogP contribution in [-0.2, 0) is 0 Å². The number of carbonyl (C=O) groups excluding carboxylic acids is 1. The molecule has 6 nitrogen and oxygen atoms in total. The number of nitrogens with one attached hydrogen (secondary N) is 2. The Kier molecular flexibility index (Phi) is 5.57. The molecule has 0 aliphatic rings. The third-order valence-corrected chi connectivity index (χ3v) is 4.36. The average Bonchev–Trinajstić information content (AvgIpc) is 2.65. The maximum Gasteiger partial charge on any atom is 0.274 e. The van der Waals surface area contributed by atoms with Crippen LogP contribution in [-0.4, -0.2) is 23.0 Å². The number of ether oxygens (including phenoxy) is 1. The maximum absolute atomic E-state index is 12.6. The summed E-state index contributed by atoms with van der Waals surface area (Å²) in [5.41, 5.74) is 2.53. The summed E-state index contributed by atoms with van der Waals surface area (Å²) in [6.07, 6.45) is 0. The first-order valence-electron chi connectivity index (χ1n) is 8.29. The summed E-state index contributed by atoms with van der Waals surface area (Å²) in [6, 6.07) is 14.4. The highest BCUT2D eigenvalue weighted by Gasteiger charge is 2.13. The van der Waals surface area contributed by atoms with Gasteiger partial charge in [-0.1, -0.05) is 17.7 Å². The van der Waals surface area contributed by atoms with Gasteiger partial charge in [-0.3, -0.25) is 4.79 Å². The zero-order chi connectivity index (χ0) is 19.4. The van der Waals surface area contributed by atoms with Gasteiger partial charge in [-0.05, 0) is 55.8 Å². The van der Waals surface area contributed by atoms with Gasteiger partial charge in [0.1, 0.15) is 23.1 Å². The summed E-state index contributed by atoms with van der Waals surface area (Å²) in [5.74, 6) is 1.45. The molecule has 0 radical (unpaired) electrons. The first-order valence-corrected chi connectivity index (χ1v) is 8.67. The SMILES string of the molecule is COc1ccc(Nc2cc(C(=O)Nc3cccc(Cl)c3C)nc(C)n2)cc1. The summed E-state index contributed by atoms with van der Waals surface area (Å²) in [7, 11) is 1.61. The van der Waals surface area contributed by atoms with E-state index >= 15 is 0 Å². The number of benzene rings is 2. The Morgan fingerprint density at radius 2 is 1.81 bits per heavy atom. The molecule has 138 valence electrons. The van der Waals surface area contributed by atoms with Gasteiger partial charge in [0, 0.05) is 22.5 Å². The lowest BCUT2D eigenvalue weighted by molar-refractivity contribution is 0.102. The van der Waals surface area contributed by atoms with Crippen molar-refractivity contribution in [3.05, 3.63) is 70.6 Å². The zero-order valence-corrected chi connectivity index (χ0v) is 16.0. The van der Waals surface area contributed by atoms with Gasteiger partial charge in [-0.15, -0.1) is 0 Å². The van der Waals surface area contributed by atoms with Gasteiger partial charge in [0.2, 0.25) is 0 Å². The van der Waals surface area contributed by atoms with E-state index in [1.54, 1.807) is 38.3 Å². The van der Waals surface area contributed by atoms with Crippen LogP contribution in [0.1, 0.15) is 21.9 Å². The Bertz CT molecular complexity index is 974. The average molecular weight is 383 g/mol. The van der Waals surface area contributed by atoms with Crippen molar-refractivity contribution in [2.75, 3.05) is 17.7 Å². The standard InChI is InChI=1S/C20H19ClN4O2/c1-12-16(21)5-4-6-17(12)25-20(26)18-11-19(23-13(2)22-18)24-14-7-9-15(27-3)10-8-14/h4-11H,1-3H3,(H,25,26)(H,22,23,24). The molecule has 0 spiro atoms. The second-order valence-electron chi connectivity index (χ2n) is 5.91. The Labute approximate surface area is 162 Å². The highest BCUT2D eigenvalue weighted by molar-refractivity contribution is 6.31. The number of nitrogens with zero attached hydrogens (tertiary/aromatic N) is 2. The van der Waals surface area contributed by atoms with Crippen molar-refractivity contribution in [1.29, 1.82) is 0 Å². The number of anilines is 3. The molecule has 27 heavy (non-hydrogen) atoms. The van der Waals surface area contributed by atoms with E-state index in [1.165, 1.54) is 0 Å². The van der Waals surface area contributed by atoms with Crippen molar-refractivity contribution in [1.82, 2.24) is 9.97 Å². The molecule has 2 aromatic carbocycles. The largest absolute Gasteiger partial charge is 0.497 e. The summed E-state index contributed by atoms with van der Waals surface area (Å²) in [4.78, 5) is 21.2. The van der Waals surface area contributed by atoms with Gasteiger partial charge < -0.3 is 15.4 Å². The molecule has 0 fully saturated rings. The van der Waals surface area contributed by atoms with Crippen LogP contribution in [0.3, 0.4) is 0 Å². The van der Waals surface area contributed by atoms with Crippen molar-refractivity contribution < 1.29 is 9.53 Å². The van der Waals surface area contributed by atoms with Crippen LogP contribution >= 0.6 is 11.6 Å². The summed E-state index contributed by atoms with van der Waals surface area (Å²) >= 11 is 6.11. The lowest BCUT2D eigenvalue weighted by Crippen LogP contribution is -2.16. The van der Waals surface area contributed by atoms with Crippen LogP contribution in [0.5, 0.6) is 5.75 Å². The molecule has 0 atom stereocenters. The van der Waals surface area contributed by atoms with E-state index in [2.05, 4.69) is 20.6 Å².